The van der Waals surface area contributed by atoms with Crippen LogP contribution in [0.3, 0.4) is 0 Å². The molecule has 2 aromatic rings. The van der Waals surface area contributed by atoms with Crippen LogP contribution in [-0.2, 0) is 0 Å². The van der Waals surface area contributed by atoms with E-state index in [1.165, 1.54) is 6.33 Å². The van der Waals surface area contributed by atoms with Crippen molar-refractivity contribution in [3.8, 4) is 0 Å². The van der Waals surface area contributed by atoms with Crippen molar-refractivity contribution in [3.05, 3.63) is 17.2 Å². The van der Waals surface area contributed by atoms with Gasteiger partial charge in [-0.2, -0.15) is 5.10 Å². The molecule has 2 unspecified atom stereocenters. The molecule has 2 atom stereocenters. The van der Waals surface area contributed by atoms with Crippen LogP contribution in [0.25, 0.3) is 11.0 Å². The molecule has 2 rings (SSSR count). The second-order valence-corrected chi connectivity index (χ2v) is 4.26. The summed E-state index contributed by atoms with van der Waals surface area (Å²) in [5, 5.41) is 30.0. The standard InChI is InChI=1S/C10H14ClN5O2/c1-12-3-2-5(17)8(18)7-6-9(11)13-4-14-10(6)16-15-7/h4-5,8,12,17-18H,2-3H2,1H3,(H,13,14,15,16). The van der Waals surface area contributed by atoms with Gasteiger partial charge in [-0.1, -0.05) is 11.6 Å². The molecule has 18 heavy (non-hydrogen) atoms. The molecule has 0 saturated heterocycles. The van der Waals surface area contributed by atoms with Crippen molar-refractivity contribution in [1.82, 2.24) is 25.5 Å². The lowest BCUT2D eigenvalue weighted by Crippen LogP contribution is -2.23. The molecule has 2 aromatic heterocycles. The fraction of sp³-hybridized carbons (Fsp3) is 0.500. The van der Waals surface area contributed by atoms with Crippen molar-refractivity contribution in [3.63, 3.8) is 0 Å². The second kappa shape index (κ2) is 5.57. The molecule has 8 heteroatoms. The SMILES string of the molecule is CNCCC(O)C(O)c1[nH]nc2ncnc(Cl)c12. The molecule has 0 aliphatic rings. The average molecular weight is 272 g/mol. The summed E-state index contributed by atoms with van der Waals surface area (Å²) in [7, 11) is 1.77. The van der Waals surface area contributed by atoms with E-state index in [0.29, 0.717) is 29.7 Å². The van der Waals surface area contributed by atoms with Crippen molar-refractivity contribution in [2.75, 3.05) is 13.6 Å². The predicted molar refractivity (Wildman–Crippen MR) is 66.2 cm³/mol. The number of halogens is 1. The van der Waals surface area contributed by atoms with Crippen molar-refractivity contribution >= 4 is 22.6 Å². The molecule has 0 fully saturated rings. The van der Waals surface area contributed by atoms with Gasteiger partial charge in [-0.25, -0.2) is 9.97 Å². The number of rotatable bonds is 5. The third-order valence-electron chi connectivity index (χ3n) is 2.68. The Hall–Kier alpha value is -1.28. The van der Waals surface area contributed by atoms with Crippen molar-refractivity contribution < 1.29 is 10.2 Å². The monoisotopic (exact) mass is 271 g/mol. The molecule has 0 spiro atoms. The number of hydrogen-bond donors (Lipinski definition) is 4. The Labute approximate surface area is 108 Å². The lowest BCUT2D eigenvalue weighted by Gasteiger charge is -2.16. The Morgan fingerprint density at radius 3 is 2.94 bits per heavy atom. The largest absolute Gasteiger partial charge is 0.390 e. The van der Waals surface area contributed by atoms with Crippen LogP contribution < -0.4 is 5.32 Å². The highest BCUT2D eigenvalue weighted by atomic mass is 35.5. The van der Waals surface area contributed by atoms with Gasteiger partial charge in [0.1, 0.15) is 17.6 Å². The molecular formula is C10H14ClN5O2. The van der Waals surface area contributed by atoms with Crippen LogP contribution in [0.4, 0.5) is 0 Å². The molecule has 98 valence electrons. The van der Waals surface area contributed by atoms with Gasteiger partial charge in [-0.15, -0.1) is 0 Å². The third kappa shape index (κ3) is 2.44. The minimum atomic E-state index is -1.10. The van der Waals surface area contributed by atoms with Crippen molar-refractivity contribution in [1.29, 1.82) is 0 Å². The number of nitrogens with one attached hydrogen (secondary N) is 2. The molecular weight excluding hydrogens is 258 g/mol. The van der Waals surface area contributed by atoms with Crippen LogP contribution >= 0.6 is 11.6 Å². The predicted octanol–water partition coefficient (Wildman–Crippen LogP) is 0.0101. The molecule has 4 N–H and O–H groups in total. The Bertz CT molecular complexity index is 532. The normalized spacial score (nSPS) is 14.9. The van der Waals surface area contributed by atoms with E-state index in [1.807, 2.05) is 0 Å². The first-order chi connectivity index (χ1) is 8.65. The van der Waals surface area contributed by atoms with E-state index in [1.54, 1.807) is 7.05 Å². The topological polar surface area (TPSA) is 107 Å². The van der Waals surface area contributed by atoms with Gasteiger partial charge in [0.25, 0.3) is 0 Å². The summed E-state index contributed by atoms with van der Waals surface area (Å²) < 4.78 is 0. The lowest BCUT2D eigenvalue weighted by molar-refractivity contribution is 0.0123. The lowest BCUT2D eigenvalue weighted by atomic mass is 10.1. The van der Waals surface area contributed by atoms with Gasteiger partial charge in [-0.3, -0.25) is 5.10 Å². The summed E-state index contributed by atoms with van der Waals surface area (Å²) in [5.74, 6) is 0. The first-order valence-electron chi connectivity index (χ1n) is 5.50. The van der Waals surface area contributed by atoms with Crippen LogP contribution in [0.5, 0.6) is 0 Å². The van der Waals surface area contributed by atoms with E-state index in [9.17, 15) is 10.2 Å². The maximum Gasteiger partial charge on any atom is 0.185 e. The van der Waals surface area contributed by atoms with Crippen molar-refractivity contribution in [2.24, 2.45) is 0 Å². The molecule has 0 aliphatic heterocycles. The number of aliphatic hydroxyl groups excluding tert-OH is 2. The first kappa shape index (κ1) is 13.2. The summed E-state index contributed by atoms with van der Waals surface area (Å²) in [4.78, 5) is 7.76. The van der Waals surface area contributed by atoms with Gasteiger partial charge in [0.15, 0.2) is 5.65 Å². The van der Waals surface area contributed by atoms with Gasteiger partial charge >= 0.3 is 0 Å². The van der Waals surface area contributed by atoms with E-state index in [4.69, 9.17) is 11.6 Å². The molecule has 0 aliphatic carbocycles. The zero-order chi connectivity index (χ0) is 13.1. The number of hydrogen-bond acceptors (Lipinski definition) is 6. The quantitative estimate of drug-likeness (QED) is 0.571. The molecule has 0 radical (unpaired) electrons. The van der Waals surface area contributed by atoms with Crippen LogP contribution in [0.1, 0.15) is 18.2 Å². The van der Waals surface area contributed by atoms with Gasteiger partial charge in [-0.05, 0) is 20.0 Å². The van der Waals surface area contributed by atoms with E-state index in [-0.39, 0.29) is 5.15 Å². The van der Waals surface area contributed by atoms with Crippen molar-refractivity contribution in [2.45, 2.75) is 18.6 Å². The van der Waals surface area contributed by atoms with Gasteiger partial charge in [0.2, 0.25) is 0 Å². The van der Waals surface area contributed by atoms with Crippen LogP contribution in [0.2, 0.25) is 5.15 Å². The summed E-state index contributed by atoms with van der Waals surface area (Å²) >= 11 is 5.94. The maximum atomic E-state index is 10.1. The fourth-order valence-corrected chi connectivity index (χ4v) is 1.93. The highest BCUT2D eigenvalue weighted by Gasteiger charge is 2.24. The van der Waals surface area contributed by atoms with Gasteiger partial charge in [0.05, 0.1) is 17.2 Å². The molecule has 0 amide bonds. The van der Waals surface area contributed by atoms with Crippen LogP contribution in [-0.4, -0.2) is 50.1 Å². The second-order valence-electron chi connectivity index (χ2n) is 3.90. The van der Waals surface area contributed by atoms with Crippen LogP contribution in [0, 0.1) is 0 Å². The Morgan fingerprint density at radius 1 is 1.44 bits per heavy atom. The average Bonchev–Trinajstić information content (AvgIpc) is 2.80. The minimum absolute atomic E-state index is 0.198. The third-order valence-corrected chi connectivity index (χ3v) is 2.97. The zero-order valence-electron chi connectivity index (χ0n) is 9.76. The number of H-pyrrole nitrogens is 1. The van der Waals surface area contributed by atoms with E-state index in [2.05, 4.69) is 25.5 Å². The van der Waals surface area contributed by atoms with E-state index in [0.717, 1.165) is 0 Å². The molecule has 0 aromatic carbocycles. The Morgan fingerprint density at radius 2 is 2.22 bits per heavy atom. The van der Waals surface area contributed by atoms with Gasteiger partial charge < -0.3 is 15.5 Å². The zero-order valence-corrected chi connectivity index (χ0v) is 10.5. The number of aromatic amines is 1. The van der Waals surface area contributed by atoms with Crippen LogP contribution in [0.15, 0.2) is 6.33 Å². The van der Waals surface area contributed by atoms with E-state index >= 15 is 0 Å². The van der Waals surface area contributed by atoms with E-state index < -0.39 is 12.2 Å². The molecule has 0 bridgehead atoms. The number of fused-ring (bicyclic) bond motifs is 1. The minimum Gasteiger partial charge on any atom is -0.390 e. The fourth-order valence-electron chi connectivity index (χ4n) is 1.70. The summed E-state index contributed by atoms with van der Waals surface area (Å²) in [6, 6.07) is 0. The molecule has 7 nitrogen and oxygen atoms in total. The highest BCUT2D eigenvalue weighted by molar-refractivity contribution is 6.34. The highest BCUT2D eigenvalue weighted by Crippen LogP contribution is 2.28. The summed E-state index contributed by atoms with van der Waals surface area (Å²) in [6.45, 7) is 0.592. The molecule has 0 saturated carbocycles. The number of nitrogens with zero attached hydrogens (tertiary/aromatic N) is 3. The Balaban J connectivity index is 2.30. The maximum absolute atomic E-state index is 10.1. The molecule has 2 heterocycles. The smallest absolute Gasteiger partial charge is 0.185 e. The summed E-state index contributed by atoms with van der Waals surface area (Å²) in [5.41, 5.74) is 0.698. The number of aromatic nitrogens is 4. The van der Waals surface area contributed by atoms with Gasteiger partial charge in [0, 0.05) is 0 Å². The summed E-state index contributed by atoms with van der Waals surface area (Å²) in [6.07, 6.45) is -0.327. The Kier molecular flexibility index (Phi) is 4.07. The number of aliphatic hydroxyl groups is 2. The first-order valence-corrected chi connectivity index (χ1v) is 5.88.